The van der Waals surface area contributed by atoms with Gasteiger partial charge in [-0.2, -0.15) is 0 Å². The lowest BCUT2D eigenvalue weighted by Crippen LogP contribution is -2.29. The largest absolute Gasteiger partial charge is 0.623 e. The van der Waals surface area contributed by atoms with Gasteiger partial charge in [0.2, 0.25) is 0 Å². The highest BCUT2D eigenvalue weighted by atomic mass is 16.5. The zero-order valence-electron chi connectivity index (χ0n) is 11.7. The van der Waals surface area contributed by atoms with Crippen molar-refractivity contribution in [2.24, 2.45) is 0 Å². The highest BCUT2D eigenvalue weighted by molar-refractivity contribution is 5.96. The van der Waals surface area contributed by atoms with Crippen LogP contribution in [-0.2, 0) is 4.79 Å². The number of nitrogens with zero attached hydrogens (tertiary/aromatic N) is 1. The van der Waals surface area contributed by atoms with Crippen molar-refractivity contribution in [3.63, 3.8) is 0 Å². The molecule has 0 aromatic heterocycles. The lowest BCUT2D eigenvalue weighted by atomic mass is 10.1. The van der Waals surface area contributed by atoms with Crippen LogP contribution in [0.1, 0.15) is 36.7 Å². The maximum absolute atomic E-state index is 11.7. The molecule has 0 fully saturated rings. The van der Waals surface area contributed by atoms with Gasteiger partial charge in [0.25, 0.3) is 5.91 Å². The molecule has 0 atom stereocenters. The van der Waals surface area contributed by atoms with Gasteiger partial charge in [-0.15, -0.1) is 0 Å². The molecule has 6 heteroatoms. The number of carbonyl (C=O) groups is 2. The Bertz CT molecular complexity index is 527. The van der Waals surface area contributed by atoms with E-state index < -0.39 is 24.0 Å². The molecule has 108 valence electrons. The van der Waals surface area contributed by atoms with Gasteiger partial charge in [-0.1, -0.05) is 0 Å². The molecule has 1 amide bonds. The fourth-order valence-electron chi connectivity index (χ4n) is 1.31. The van der Waals surface area contributed by atoms with E-state index in [1.807, 2.05) is 0 Å². The van der Waals surface area contributed by atoms with E-state index in [1.54, 1.807) is 45.0 Å². The number of carboxylic acids is 1. The number of amides is 1. The van der Waals surface area contributed by atoms with Crippen molar-refractivity contribution in [1.82, 2.24) is 5.32 Å². The molecule has 0 heterocycles. The van der Waals surface area contributed by atoms with E-state index in [1.165, 1.54) is 6.21 Å². The van der Waals surface area contributed by atoms with Gasteiger partial charge in [-0.3, -0.25) is 9.59 Å². The average Bonchev–Trinajstić information content (AvgIpc) is 2.35. The van der Waals surface area contributed by atoms with Crippen LogP contribution in [0.4, 0.5) is 0 Å². The predicted octanol–water partition coefficient (Wildman–Crippen LogP) is 1.23. The van der Waals surface area contributed by atoms with Crippen LogP contribution in [0.15, 0.2) is 24.3 Å². The molecule has 6 nitrogen and oxygen atoms in total. The summed E-state index contributed by atoms with van der Waals surface area (Å²) in [7, 11) is 0. The third-order valence-electron chi connectivity index (χ3n) is 2.50. The summed E-state index contributed by atoms with van der Waals surface area (Å²) in [5.41, 5.74) is 0.485. The maximum atomic E-state index is 11.7. The minimum Gasteiger partial charge on any atom is -0.623 e. The predicted molar refractivity (Wildman–Crippen MR) is 75.0 cm³/mol. The van der Waals surface area contributed by atoms with Crippen molar-refractivity contribution in [1.29, 1.82) is 0 Å². The van der Waals surface area contributed by atoms with E-state index in [-0.39, 0.29) is 0 Å². The van der Waals surface area contributed by atoms with Crippen LogP contribution in [-0.4, -0.2) is 40.0 Å². The van der Waals surface area contributed by atoms with Gasteiger partial charge in [0, 0.05) is 31.9 Å². The number of nitrogens with one attached hydrogen (secondary N) is 1. The van der Waals surface area contributed by atoms with Crippen LogP contribution >= 0.6 is 0 Å². The molecule has 0 saturated heterocycles. The number of hydroxylamine groups is 1. The smallest absolute Gasteiger partial charge is 0.322 e. The Balaban J connectivity index is 2.79. The van der Waals surface area contributed by atoms with Crippen LogP contribution in [0, 0.1) is 5.21 Å². The monoisotopic (exact) mass is 278 g/mol. The van der Waals surface area contributed by atoms with E-state index in [4.69, 9.17) is 5.11 Å². The molecule has 0 aliphatic rings. The van der Waals surface area contributed by atoms with Crippen molar-refractivity contribution >= 4 is 18.1 Å². The van der Waals surface area contributed by atoms with E-state index >= 15 is 0 Å². The molecule has 0 bridgehead atoms. The van der Waals surface area contributed by atoms with Crippen LogP contribution < -0.4 is 5.32 Å². The second-order valence-corrected chi connectivity index (χ2v) is 5.32. The fraction of sp³-hybridized carbons (Fsp3) is 0.357. The Kier molecular flexibility index (Phi) is 4.85. The number of rotatable bonds is 4. The molecule has 1 aromatic carbocycles. The fourth-order valence-corrected chi connectivity index (χ4v) is 1.31. The number of carboxylic acid groups (broad SMARTS) is 1. The molecule has 2 N–H and O–H groups in total. The molecular weight excluding hydrogens is 260 g/mol. The summed E-state index contributed by atoms with van der Waals surface area (Å²) < 4.78 is 0.840. The number of carbonyl (C=O) groups excluding carboxylic acids is 1. The van der Waals surface area contributed by atoms with Gasteiger partial charge < -0.3 is 15.6 Å². The van der Waals surface area contributed by atoms with Crippen LogP contribution in [0.25, 0.3) is 0 Å². The second kappa shape index (κ2) is 6.18. The van der Waals surface area contributed by atoms with Crippen LogP contribution in [0.5, 0.6) is 0 Å². The maximum Gasteiger partial charge on any atom is 0.322 e. The molecule has 0 unspecified atom stereocenters. The molecule has 0 aliphatic carbocycles. The molecule has 0 radical (unpaired) electrons. The first-order valence-corrected chi connectivity index (χ1v) is 6.11. The van der Waals surface area contributed by atoms with Gasteiger partial charge in [0.1, 0.15) is 6.54 Å². The molecule has 1 rings (SSSR count). The third-order valence-corrected chi connectivity index (χ3v) is 2.50. The number of hydrogen-bond acceptors (Lipinski definition) is 3. The topological polar surface area (TPSA) is 92.5 Å². The molecular formula is C14H18N2O4. The average molecular weight is 278 g/mol. The van der Waals surface area contributed by atoms with Crippen molar-refractivity contribution in [3.05, 3.63) is 40.6 Å². The first-order valence-electron chi connectivity index (χ1n) is 6.11. The van der Waals surface area contributed by atoms with E-state index in [9.17, 15) is 14.8 Å². The molecule has 0 spiro atoms. The Morgan fingerprint density at radius 2 is 1.85 bits per heavy atom. The zero-order chi connectivity index (χ0) is 15.3. The summed E-state index contributed by atoms with van der Waals surface area (Å²) in [4.78, 5) is 21.9. The Labute approximate surface area is 117 Å². The lowest BCUT2D eigenvalue weighted by Gasteiger charge is -2.18. The minimum absolute atomic E-state index is 0.344. The van der Waals surface area contributed by atoms with Crippen LogP contribution in [0.2, 0.25) is 0 Å². The number of hydrogen-bond donors (Lipinski definition) is 2. The number of benzene rings is 1. The summed E-state index contributed by atoms with van der Waals surface area (Å²) in [5.74, 6) is -1.57. The van der Waals surface area contributed by atoms with Gasteiger partial charge in [-0.25, -0.2) is 4.74 Å². The van der Waals surface area contributed by atoms with Crippen molar-refractivity contribution in [2.45, 2.75) is 26.3 Å². The summed E-state index contributed by atoms with van der Waals surface area (Å²) in [6.07, 6.45) is 1.44. The zero-order valence-corrected chi connectivity index (χ0v) is 11.7. The summed E-state index contributed by atoms with van der Waals surface area (Å²) >= 11 is 0. The molecule has 0 saturated carbocycles. The van der Waals surface area contributed by atoms with Gasteiger partial charge >= 0.3 is 5.97 Å². The van der Waals surface area contributed by atoms with Crippen molar-refractivity contribution in [2.75, 3.05) is 6.54 Å². The molecule has 0 aliphatic heterocycles. The van der Waals surface area contributed by atoms with Gasteiger partial charge in [0.05, 0.1) is 0 Å². The number of aliphatic carboxylic acids is 1. The SMILES string of the molecule is CC(C)(C)[N+]([O-])=Cc1ccc(C(=O)NCC(=O)O)cc1. The third kappa shape index (κ3) is 4.72. The highest BCUT2D eigenvalue weighted by Gasteiger charge is 2.18. The Morgan fingerprint density at radius 3 is 2.30 bits per heavy atom. The quantitative estimate of drug-likeness (QED) is 0.375. The van der Waals surface area contributed by atoms with E-state index in [2.05, 4.69) is 5.32 Å². The minimum atomic E-state index is -1.10. The van der Waals surface area contributed by atoms with Gasteiger partial charge in [0.15, 0.2) is 11.8 Å². The van der Waals surface area contributed by atoms with Gasteiger partial charge in [-0.05, 0) is 24.3 Å². The summed E-state index contributed by atoms with van der Waals surface area (Å²) in [5, 5.41) is 22.5. The Hall–Kier alpha value is -2.37. The molecule has 20 heavy (non-hydrogen) atoms. The first-order chi connectivity index (χ1) is 9.20. The first kappa shape index (κ1) is 15.7. The van der Waals surface area contributed by atoms with E-state index in [0.29, 0.717) is 11.1 Å². The standard InChI is InChI=1S/C14H18N2O4/c1-14(2,3)16(20)9-10-4-6-11(7-5-10)13(19)15-8-12(17)18/h4-7,9H,8H2,1-3H3,(H,15,19)(H,17,18). The second-order valence-electron chi connectivity index (χ2n) is 5.32. The van der Waals surface area contributed by atoms with Crippen molar-refractivity contribution in [3.8, 4) is 0 Å². The Morgan fingerprint density at radius 1 is 1.30 bits per heavy atom. The van der Waals surface area contributed by atoms with Crippen molar-refractivity contribution < 1.29 is 19.4 Å². The summed E-state index contributed by atoms with van der Waals surface area (Å²) in [6.45, 7) is 4.96. The highest BCUT2D eigenvalue weighted by Crippen LogP contribution is 2.07. The molecule has 1 aromatic rings. The summed E-state index contributed by atoms with van der Waals surface area (Å²) in [6, 6.07) is 6.34. The normalized spacial score (nSPS) is 12.1. The van der Waals surface area contributed by atoms with Crippen LogP contribution in [0.3, 0.4) is 0 Å². The lowest BCUT2D eigenvalue weighted by molar-refractivity contribution is -0.530. The van der Waals surface area contributed by atoms with E-state index in [0.717, 1.165) is 4.74 Å².